The third-order valence-corrected chi connectivity index (χ3v) is 3.04. The maximum Gasteiger partial charge on any atom is 0.0780 e. The van der Waals surface area contributed by atoms with Gasteiger partial charge in [0.25, 0.3) is 0 Å². The van der Waals surface area contributed by atoms with Crippen molar-refractivity contribution in [3.8, 4) is 11.3 Å². The second kappa shape index (κ2) is 5.38. The van der Waals surface area contributed by atoms with Gasteiger partial charge in [-0.15, -0.1) is 12.4 Å². The van der Waals surface area contributed by atoms with Crippen LogP contribution in [0.2, 0.25) is 5.02 Å². The van der Waals surface area contributed by atoms with Crippen LogP contribution in [-0.2, 0) is 0 Å². The number of halogens is 2. The lowest BCUT2D eigenvalue weighted by Gasteiger charge is -2.05. The number of fused-ring (bicyclic) bond motifs is 1. The van der Waals surface area contributed by atoms with Crippen molar-refractivity contribution >= 4 is 34.8 Å². The number of nitrogens with zero attached hydrogens (tertiary/aromatic N) is 1. The average molecular weight is 276 g/mol. The molecule has 0 bridgehead atoms. The van der Waals surface area contributed by atoms with Gasteiger partial charge in [0.2, 0.25) is 0 Å². The topological polar surface area (TPSA) is 12.9 Å². The molecule has 1 nitrogen and oxygen atoms in total. The smallest absolute Gasteiger partial charge is 0.0780 e. The number of pyridine rings is 1. The van der Waals surface area contributed by atoms with Gasteiger partial charge in [-0.3, -0.25) is 4.98 Å². The van der Waals surface area contributed by atoms with Crippen LogP contribution < -0.4 is 0 Å². The molecule has 0 atom stereocenters. The van der Waals surface area contributed by atoms with Crippen molar-refractivity contribution in [1.29, 1.82) is 0 Å². The van der Waals surface area contributed by atoms with Gasteiger partial charge in [0, 0.05) is 22.2 Å². The minimum atomic E-state index is 0. The summed E-state index contributed by atoms with van der Waals surface area (Å²) < 4.78 is 0. The van der Waals surface area contributed by atoms with Crippen LogP contribution in [-0.4, -0.2) is 4.98 Å². The molecule has 1 aromatic heterocycles. The predicted molar refractivity (Wildman–Crippen MR) is 79.4 cm³/mol. The van der Waals surface area contributed by atoms with Gasteiger partial charge in [-0.05, 0) is 23.6 Å². The van der Waals surface area contributed by atoms with E-state index in [4.69, 9.17) is 11.6 Å². The first kappa shape index (κ1) is 12.9. The van der Waals surface area contributed by atoms with Gasteiger partial charge >= 0.3 is 0 Å². The molecule has 3 rings (SSSR count). The van der Waals surface area contributed by atoms with Gasteiger partial charge in [0.1, 0.15) is 0 Å². The van der Waals surface area contributed by atoms with Crippen molar-refractivity contribution in [1.82, 2.24) is 4.98 Å². The Morgan fingerprint density at radius 1 is 0.833 bits per heavy atom. The third-order valence-electron chi connectivity index (χ3n) is 2.79. The first-order valence-corrected chi connectivity index (χ1v) is 5.82. The van der Waals surface area contributed by atoms with Crippen molar-refractivity contribution in [2.75, 3.05) is 0 Å². The Morgan fingerprint density at radius 3 is 2.33 bits per heavy atom. The Kier molecular flexibility index (Phi) is 3.85. The maximum absolute atomic E-state index is 5.90. The van der Waals surface area contributed by atoms with Crippen molar-refractivity contribution in [3.05, 3.63) is 65.8 Å². The molecule has 0 spiro atoms. The number of aromatic nitrogens is 1. The highest BCUT2D eigenvalue weighted by molar-refractivity contribution is 6.30. The SMILES string of the molecule is Cl.Clc1ccc(-c2nccc3ccccc23)cc1. The average Bonchev–Trinajstić information content (AvgIpc) is 2.39. The van der Waals surface area contributed by atoms with E-state index in [1.807, 2.05) is 48.7 Å². The summed E-state index contributed by atoms with van der Waals surface area (Å²) in [4.78, 5) is 4.46. The molecule has 1 heterocycles. The van der Waals surface area contributed by atoms with Gasteiger partial charge in [-0.25, -0.2) is 0 Å². The fraction of sp³-hybridized carbons (Fsp3) is 0. The van der Waals surface area contributed by atoms with E-state index in [-0.39, 0.29) is 12.4 Å². The summed E-state index contributed by atoms with van der Waals surface area (Å²) in [5, 5.41) is 3.11. The van der Waals surface area contributed by atoms with Crippen LogP contribution in [0.25, 0.3) is 22.0 Å². The van der Waals surface area contributed by atoms with E-state index in [1.54, 1.807) is 0 Å². The molecule has 3 heteroatoms. The van der Waals surface area contributed by atoms with E-state index in [9.17, 15) is 0 Å². The number of rotatable bonds is 1. The van der Waals surface area contributed by atoms with Crippen molar-refractivity contribution in [2.24, 2.45) is 0 Å². The number of hydrogen-bond acceptors (Lipinski definition) is 1. The van der Waals surface area contributed by atoms with E-state index < -0.39 is 0 Å². The minimum Gasteiger partial charge on any atom is -0.256 e. The molecule has 0 N–H and O–H groups in total. The summed E-state index contributed by atoms with van der Waals surface area (Å²) in [5.41, 5.74) is 2.09. The van der Waals surface area contributed by atoms with Crippen LogP contribution in [0.5, 0.6) is 0 Å². The Balaban J connectivity index is 0.00000120. The number of hydrogen-bond donors (Lipinski definition) is 0. The van der Waals surface area contributed by atoms with E-state index in [0.717, 1.165) is 21.7 Å². The fourth-order valence-corrected chi connectivity index (χ4v) is 2.08. The Bertz CT molecular complexity index is 657. The van der Waals surface area contributed by atoms with Gasteiger partial charge in [-0.1, -0.05) is 48.0 Å². The predicted octanol–water partition coefficient (Wildman–Crippen LogP) is 4.98. The summed E-state index contributed by atoms with van der Waals surface area (Å²) in [5.74, 6) is 0. The summed E-state index contributed by atoms with van der Waals surface area (Å²) in [6.45, 7) is 0. The zero-order valence-electron chi connectivity index (χ0n) is 9.51. The molecule has 0 saturated heterocycles. The highest BCUT2D eigenvalue weighted by Crippen LogP contribution is 2.26. The summed E-state index contributed by atoms with van der Waals surface area (Å²) in [6, 6.07) is 18.0. The molecule has 0 aliphatic carbocycles. The molecule has 0 aliphatic rings. The van der Waals surface area contributed by atoms with Gasteiger partial charge in [0.15, 0.2) is 0 Å². The molecular weight excluding hydrogens is 265 g/mol. The monoisotopic (exact) mass is 275 g/mol. The molecule has 0 radical (unpaired) electrons. The summed E-state index contributed by atoms with van der Waals surface area (Å²) in [6.07, 6.45) is 1.84. The van der Waals surface area contributed by atoms with Crippen LogP contribution >= 0.6 is 24.0 Å². The third kappa shape index (κ3) is 2.33. The van der Waals surface area contributed by atoms with Gasteiger partial charge in [-0.2, -0.15) is 0 Å². The normalized spacial score (nSPS) is 10.1. The first-order valence-electron chi connectivity index (χ1n) is 5.44. The lowest BCUT2D eigenvalue weighted by molar-refractivity contribution is 1.36. The zero-order valence-corrected chi connectivity index (χ0v) is 11.1. The van der Waals surface area contributed by atoms with Crippen LogP contribution in [0, 0.1) is 0 Å². The van der Waals surface area contributed by atoms with E-state index in [1.165, 1.54) is 5.39 Å². The maximum atomic E-state index is 5.90. The highest BCUT2D eigenvalue weighted by Gasteiger charge is 2.04. The van der Waals surface area contributed by atoms with Crippen molar-refractivity contribution in [2.45, 2.75) is 0 Å². The lowest BCUT2D eigenvalue weighted by Crippen LogP contribution is -1.85. The fourth-order valence-electron chi connectivity index (χ4n) is 1.96. The Hall–Kier alpha value is -1.57. The molecule has 90 valence electrons. The van der Waals surface area contributed by atoms with Gasteiger partial charge < -0.3 is 0 Å². The molecule has 18 heavy (non-hydrogen) atoms. The lowest BCUT2D eigenvalue weighted by atomic mass is 10.0. The van der Waals surface area contributed by atoms with E-state index >= 15 is 0 Å². The Labute approximate surface area is 117 Å². The molecule has 0 aliphatic heterocycles. The van der Waals surface area contributed by atoms with E-state index in [0.29, 0.717) is 0 Å². The van der Waals surface area contributed by atoms with E-state index in [2.05, 4.69) is 17.1 Å². The van der Waals surface area contributed by atoms with Crippen LogP contribution in [0.15, 0.2) is 60.8 Å². The molecule has 3 aromatic rings. The molecule has 0 unspecified atom stereocenters. The first-order chi connectivity index (χ1) is 8.34. The van der Waals surface area contributed by atoms with Gasteiger partial charge in [0.05, 0.1) is 5.69 Å². The summed E-state index contributed by atoms with van der Waals surface area (Å²) in [7, 11) is 0. The zero-order chi connectivity index (χ0) is 11.7. The number of benzene rings is 2. The quantitative estimate of drug-likeness (QED) is 0.611. The molecular formula is C15H11Cl2N. The van der Waals surface area contributed by atoms with Crippen LogP contribution in [0.3, 0.4) is 0 Å². The molecule has 2 aromatic carbocycles. The van der Waals surface area contributed by atoms with Crippen molar-refractivity contribution in [3.63, 3.8) is 0 Å². The molecule has 0 fully saturated rings. The standard InChI is InChI=1S/C15H10ClN.ClH/c16-13-7-5-12(6-8-13)15-14-4-2-1-3-11(14)9-10-17-15;/h1-10H;1H. The van der Waals surface area contributed by atoms with Crippen molar-refractivity contribution < 1.29 is 0 Å². The second-order valence-corrected chi connectivity index (χ2v) is 4.32. The van der Waals surface area contributed by atoms with Crippen LogP contribution in [0.4, 0.5) is 0 Å². The summed E-state index contributed by atoms with van der Waals surface area (Å²) >= 11 is 5.90. The molecule has 0 saturated carbocycles. The highest BCUT2D eigenvalue weighted by atomic mass is 35.5. The molecule has 0 amide bonds. The minimum absolute atomic E-state index is 0. The second-order valence-electron chi connectivity index (χ2n) is 3.89. The van der Waals surface area contributed by atoms with Crippen LogP contribution in [0.1, 0.15) is 0 Å². The largest absolute Gasteiger partial charge is 0.256 e. The Morgan fingerprint density at radius 2 is 1.56 bits per heavy atom.